The van der Waals surface area contributed by atoms with E-state index in [0.29, 0.717) is 40.6 Å². The van der Waals surface area contributed by atoms with Crippen molar-refractivity contribution < 1.29 is 19.7 Å². The van der Waals surface area contributed by atoms with Crippen LogP contribution in [-0.2, 0) is 30.7 Å². The number of carbonyl (C=O) groups is 1. The second kappa shape index (κ2) is 17.2. The summed E-state index contributed by atoms with van der Waals surface area (Å²) in [5, 5.41) is 26.5. The number of cyclic esters (lactones) is 1. The average Bonchev–Trinajstić information content (AvgIpc) is 3.55. The van der Waals surface area contributed by atoms with Crippen molar-refractivity contribution in [2.45, 2.75) is 38.1 Å². The quantitative estimate of drug-likeness (QED) is 0.0946. The molecule has 4 heterocycles. The van der Waals surface area contributed by atoms with E-state index in [9.17, 15) is 15.0 Å². The number of para-hydroxylation sites is 2. The van der Waals surface area contributed by atoms with Gasteiger partial charge < -0.3 is 31.7 Å². The SMILES string of the molecule is Cl.Cl.N[C@H](Cc1ccccc1)c1cc(-c2ccccc2O)nc2c1COC(=O)N2.Nc1nc(-c2ccccc2O)cc2c1CN[C@@H]2Cc1ccccc1. The second-order valence-corrected chi connectivity index (χ2v) is 12.5. The van der Waals surface area contributed by atoms with Crippen LogP contribution in [0.15, 0.2) is 121 Å². The number of anilines is 2. The number of hydrogen-bond acceptors (Lipinski definition) is 9. The number of amides is 1. The molecule has 0 fully saturated rings. The molecule has 10 nitrogen and oxygen atoms in total. The summed E-state index contributed by atoms with van der Waals surface area (Å²) in [6.45, 7) is 0.847. The normalized spacial score (nSPS) is 14.4. The van der Waals surface area contributed by atoms with Gasteiger partial charge in [-0.1, -0.05) is 84.9 Å². The van der Waals surface area contributed by atoms with Crippen molar-refractivity contribution in [2.24, 2.45) is 5.73 Å². The monoisotopic (exact) mass is 750 g/mol. The summed E-state index contributed by atoms with van der Waals surface area (Å²) in [4.78, 5) is 20.7. The van der Waals surface area contributed by atoms with E-state index < -0.39 is 6.09 Å². The third kappa shape index (κ3) is 8.70. The number of phenolic OH excluding ortho intramolecular Hbond substituents is 2. The van der Waals surface area contributed by atoms with E-state index in [1.165, 1.54) is 11.1 Å². The Hall–Kier alpha value is -5.65. The van der Waals surface area contributed by atoms with Crippen molar-refractivity contribution in [3.8, 4) is 34.0 Å². The maximum atomic E-state index is 11.7. The zero-order chi connectivity index (χ0) is 35.3. The fourth-order valence-electron chi connectivity index (χ4n) is 6.56. The van der Waals surface area contributed by atoms with Gasteiger partial charge in [-0.3, -0.25) is 5.32 Å². The lowest BCUT2D eigenvalue weighted by Crippen LogP contribution is -2.25. The molecule has 6 aromatic rings. The molecule has 272 valence electrons. The van der Waals surface area contributed by atoms with Crippen LogP contribution in [-0.4, -0.2) is 26.3 Å². The van der Waals surface area contributed by atoms with Crippen molar-refractivity contribution in [3.63, 3.8) is 0 Å². The van der Waals surface area contributed by atoms with Crippen LogP contribution in [0.5, 0.6) is 11.5 Å². The Balaban J connectivity index is 0.000000198. The number of aromatic nitrogens is 2. The molecule has 1 amide bonds. The van der Waals surface area contributed by atoms with E-state index in [1.54, 1.807) is 30.3 Å². The van der Waals surface area contributed by atoms with Crippen molar-refractivity contribution in [1.82, 2.24) is 15.3 Å². The summed E-state index contributed by atoms with van der Waals surface area (Å²) in [5.41, 5.74) is 21.5. The lowest BCUT2D eigenvalue weighted by atomic mass is 9.94. The van der Waals surface area contributed by atoms with Gasteiger partial charge in [0, 0.05) is 40.9 Å². The molecule has 8 N–H and O–H groups in total. The van der Waals surface area contributed by atoms with E-state index in [1.807, 2.05) is 66.7 Å². The van der Waals surface area contributed by atoms with Crippen LogP contribution in [0.1, 0.15) is 45.5 Å². The average molecular weight is 752 g/mol. The molecule has 2 aliphatic heterocycles. The maximum Gasteiger partial charge on any atom is 0.413 e. The molecule has 0 saturated heterocycles. The van der Waals surface area contributed by atoms with Crippen LogP contribution in [0.4, 0.5) is 16.4 Å². The molecular formula is C41H40Cl2N6O4. The van der Waals surface area contributed by atoms with Gasteiger partial charge in [-0.2, -0.15) is 0 Å². The summed E-state index contributed by atoms with van der Waals surface area (Å²) >= 11 is 0. The number of aromatic hydroxyl groups is 2. The molecule has 0 spiro atoms. The summed E-state index contributed by atoms with van der Waals surface area (Å²) in [6, 6.07) is 38.3. The number of carbonyl (C=O) groups excluding carboxylic acids is 1. The summed E-state index contributed by atoms with van der Waals surface area (Å²) in [5.74, 6) is 1.29. The number of ether oxygens (including phenoxy) is 1. The first kappa shape index (κ1) is 38.6. The minimum Gasteiger partial charge on any atom is -0.507 e. The molecule has 53 heavy (non-hydrogen) atoms. The number of nitrogens with one attached hydrogen (secondary N) is 2. The highest BCUT2D eigenvalue weighted by atomic mass is 35.5. The standard InChI is InChI=1S/C21H19N3O3.C20H19N3O.2ClH/c22-17(10-13-6-2-1-3-7-13)15-11-18(14-8-4-5-9-19(14)25)23-20-16(15)12-27-21(26)24-20;21-20-16-12-22-17(10-13-6-2-1-3-7-13)15(16)11-18(23-20)14-8-4-5-9-19(14)24;;/h1-9,11,17,25H,10,12,22H2,(H,23,24,26);1-9,11,17,22,24H,10,12H2,(H2,21,23);2*1H/t2*17-;;/m11../s1. The number of fused-ring (bicyclic) bond motifs is 2. The zero-order valence-electron chi connectivity index (χ0n) is 28.6. The van der Waals surface area contributed by atoms with Gasteiger partial charge in [-0.05, 0) is 71.5 Å². The molecule has 12 heteroatoms. The molecule has 0 aliphatic carbocycles. The number of pyridine rings is 2. The highest BCUT2D eigenvalue weighted by Crippen LogP contribution is 2.37. The van der Waals surface area contributed by atoms with Gasteiger partial charge >= 0.3 is 6.09 Å². The number of nitrogens with two attached hydrogens (primary N) is 2. The van der Waals surface area contributed by atoms with Gasteiger partial charge in [0.15, 0.2) is 0 Å². The zero-order valence-corrected chi connectivity index (χ0v) is 30.2. The van der Waals surface area contributed by atoms with Crippen molar-refractivity contribution in [1.29, 1.82) is 0 Å². The first-order valence-electron chi connectivity index (χ1n) is 16.7. The third-order valence-corrected chi connectivity index (χ3v) is 9.16. The first-order chi connectivity index (χ1) is 24.8. The van der Waals surface area contributed by atoms with Gasteiger partial charge in [0.25, 0.3) is 0 Å². The van der Waals surface area contributed by atoms with E-state index in [-0.39, 0.29) is 55.0 Å². The Morgan fingerprint density at radius 2 is 1.32 bits per heavy atom. The van der Waals surface area contributed by atoms with Gasteiger partial charge in [0.2, 0.25) is 0 Å². The van der Waals surface area contributed by atoms with Crippen LogP contribution in [0, 0.1) is 0 Å². The van der Waals surface area contributed by atoms with Gasteiger partial charge in [-0.25, -0.2) is 14.8 Å². The smallest absolute Gasteiger partial charge is 0.413 e. The maximum absolute atomic E-state index is 11.7. The van der Waals surface area contributed by atoms with Crippen molar-refractivity contribution in [2.75, 3.05) is 11.1 Å². The molecular weight excluding hydrogens is 711 g/mol. The molecule has 8 rings (SSSR count). The third-order valence-electron chi connectivity index (χ3n) is 9.16. The summed E-state index contributed by atoms with van der Waals surface area (Å²) in [7, 11) is 0. The largest absolute Gasteiger partial charge is 0.507 e. The minimum atomic E-state index is -0.549. The van der Waals surface area contributed by atoms with Crippen LogP contribution in [0.2, 0.25) is 0 Å². The topological polar surface area (TPSA) is 169 Å². The number of rotatable bonds is 7. The Morgan fingerprint density at radius 3 is 1.94 bits per heavy atom. The fraction of sp³-hybridized carbons (Fsp3) is 0.146. The van der Waals surface area contributed by atoms with Crippen LogP contribution < -0.4 is 22.1 Å². The molecule has 2 aliphatic rings. The number of benzene rings is 4. The van der Waals surface area contributed by atoms with Crippen molar-refractivity contribution >= 4 is 42.5 Å². The van der Waals surface area contributed by atoms with Crippen molar-refractivity contribution in [3.05, 3.63) is 155 Å². The molecule has 2 atom stereocenters. The number of phenols is 2. The Bertz CT molecular complexity index is 2190. The molecule has 0 unspecified atom stereocenters. The predicted octanol–water partition coefficient (Wildman–Crippen LogP) is 8.03. The number of halogens is 2. The highest BCUT2D eigenvalue weighted by molar-refractivity contribution is 5.87. The molecule has 4 aromatic carbocycles. The lowest BCUT2D eigenvalue weighted by molar-refractivity contribution is 0.150. The Labute approximate surface area is 320 Å². The summed E-state index contributed by atoms with van der Waals surface area (Å²) < 4.78 is 5.12. The van der Waals surface area contributed by atoms with E-state index >= 15 is 0 Å². The Kier molecular flexibility index (Phi) is 12.6. The second-order valence-electron chi connectivity index (χ2n) is 12.5. The van der Waals surface area contributed by atoms with Crippen LogP contribution in [0.25, 0.3) is 22.5 Å². The molecule has 0 saturated carbocycles. The molecule has 0 radical (unpaired) electrons. The molecule has 0 bridgehead atoms. The van der Waals surface area contributed by atoms with E-state index in [4.69, 9.17) is 16.2 Å². The van der Waals surface area contributed by atoms with E-state index in [0.717, 1.165) is 35.2 Å². The fourth-order valence-corrected chi connectivity index (χ4v) is 6.56. The number of nitrogen functional groups attached to an aromatic ring is 1. The van der Waals surface area contributed by atoms with Gasteiger partial charge in [-0.15, -0.1) is 24.8 Å². The molecule has 2 aromatic heterocycles. The van der Waals surface area contributed by atoms with Gasteiger partial charge in [0.05, 0.1) is 11.4 Å². The van der Waals surface area contributed by atoms with E-state index in [2.05, 4.69) is 44.9 Å². The van der Waals surface area contributed by atoms with Crippen LogP contribution >= 0.6 is 24.8 Å². The number of hydrogen-bond donors (Lipinski definition) is 6. The minimum absolute atomic E-state index is 0. The lowest BCUT2D eigenvalue weighted by Gasteiger charge is -2.24. The Morgan fingerprint density at radius 1 is 0.755 bits per heavy atom. The predicted molar refractivity (Wildman–Crippen MR) is 212 cm³/mol. The summed E-state index contributed by atoms with van der Waals surface area (Å²) in [6.07, 6.45) is 0.982. The van der Waals surface area contributed by atoms with Crippen LogP contribution in [0.3, 0.4) is 0 Å². The highest BCUT2D eigenvalue weighted by Gasteiger charge is 2.27. The van der Waals surface area contributed by atoms with Gasteiger partial charge in [0.1, 0.15) is 29.7 Å². The number of nitrogens with zero attached hydrogens (tertiary/aromatic N) is 2. The first-order valence-corrected chi connectivity index (χ1v) is 16.7.